The van der Waals surface area contributed by atoms with Gasteiger partial charge in [-0.25, -0.2) is 4.98 Å². The number of ketones is 1. The average molecular weight is 445 g/mol. The molecule has 2 heterocycles. The number of H-pyrrole nitrogens is 1. The normalized spacial score (nSPS) is 17.3. The first-order valence-corrected chi connectivity index (χ1v) is 10.5. The van der Waals surface area contributed by atoms with E-state index >= 15 is 0 Å². The van der Waals surface area contributed by atoms with E-state index in [-0.39, 0.29) is 17.9 Å². The highest BCUT2D eigenvalue weighted by molar-refractivity contribution is 6.46. The largest absolute Gasteiger partial charge is 0.507 e. The van der Waals surface area contributed by atoms with Gasteiger partial charge in [0.1, 0.15) is 17.3 Å². The summed E-state index contributed by atoms with van der Waals surface area (Å²) in [6.45, 7) is 1.99. The molecule has 0 saturated carbocycles. The third-order valence-corrected chi connectivity index (χ3v) is 5.79. The fraction of sp³-hybridized carbons (Fsp3) is 0.192. The molecule has 1 amide bonds. The number of methoxy groups -OCH3 is 2. The summed E-state index contributed by atoms with van der Waals surface area (Å²) in [5.74, 6) is -0.495. The Morgan fingerprint density at radius 1 is 1.06 bits per heavy atom. The van der Waals surface area contributed by atoms with Gasteiger partial charge >= 0.3 is 0 Å². The van der Waals surface area contributed by atoms with Crippen LogP contribution in [0, 0.1) is 6.92 Å². The van der Waals surface area contributed by atoms with Crippen LogP contribution in [0.5, 0.6) is 11.5 Å². The van der Waals surface area contributed by atoms with Gasteiger partial charge in [-0.1, -0.05) is 18.2 Å². The number of carbonyl (C=O) groups excluding carboxylic acids is 2. The lowest BCUT2D eigenvalue weighted by Crippen LogP contribution is -2.29. The van der Waals surface area contributed by atoms with Gasteiger partial charge in [0.25, 0.3) is 11.7 Å². The Balaban J connectivity index is 1.91. The monoisotopic (exact) mass is 445 g/mol. The summed E-state index contributed by atoms with van der Waals surface area (Å²) >= 11 is 0. The molecule has 4 rings (SSSR count). The zero-order chi connectivity index (χ0) is 23.5. The quantitative estimate of drug-likeness (QED) is 0.357. The SMILES string of the molecule is COc1ccc(C(O)=C2C(=O)C(=O)N(Cc3ccc[nH+]c3)C2c2ccccc2OC)c(C)c1. The summed E-state index contributed by atoms with van der Waals surface area (Å²) in [7, 11) is 3.09. The van der Waals surface area contributed by atoms with Crippen LogP contribution >= 0.6 is 0 Å². The summed E-state index contributed by atoms with van der Waals surface area (Å²) in [4.78, 5) is 30.9. The predicted octanol–water partition coefficient (Wildman–Crippen LogP) is 3.45. The number of para-hydroxylation sites is 1. The third kappa shape index (κ3) is 4.05. The minimum atomic E-state index is -0.817. The van der Waals surface area contributed by atoms with Crippen molar-refractivity contribution in [1.29, 1.82) is 0 Å². The number of nitrogens with zero attached hydrogens (tertiary/aromatic N) is 1. The number of nitrogens with one attached hydrogen (secondary N) is 1. The van der Waals surface area contributed by atoms with Crippen molar-refractivity contribution in [2.45, 2.75) is 19.5 Å². The van der Waals surface area contributed by atoms with Gasteiger partial charge in [-0.15, -0.1) is 0 Å². The van der Waals surface area contributed by atoms with Crippen molar-refractivity contribution in [2.75, 3.05) is 14.2 Å². The van der Waals surface area contributed by atoms with E-state index in [1.54, 1.807) is 49.8 Å². The average Bonchev–Trinajstić information content (AvgIpc) is 3.09. The lowest BCUT2D eigenvalue weighted by Gasteiger charge is -2.26. The van der Waals surface area contributed by atoms with Crippen LogP contribution in [0.4, 0.5) is 0 Å². The number of benzene rings is 2. The number of aliphatic hydroxyl groups is 1. The Kier molecular flexibility index (Phi) is 6.13. The molecule has 2 N–H and O–H groups in total. The third-order valence-electron chi connectivity index (χ3n) is 5.79. The van der Waals surface area contributed by atoms with Gasteiger partial charge in [0.05, 0.1) is 32.4 Å². The van der Waals surface area contributed by atoms with Crippen molar-refractivity contribution >= 4 is 17.4 Å². The number of aryl methyl sites for hydroxylation is 1. The number of aromatic amines is 1. The second-order valence-electron chi connectivity index (χ2n) is 7.76. The van der Waals surface area contributed by atoms with Crippen molar-refractivity contribution in [2.24, 2.45) is 0 Å². The minimum Gasteiger partial charge on any atom is -0.507 e. The van der Waals surface area contributed by atoms with Crippen molar-refractivity contribution in [3.8, 4) is 11.5 Å². The highest BCUT2D eigenvalue weighted by atomic mass is 16.5. The second-order valence-corrected chi connectivity index (χ2v) is 7.76. The van der Waals surface area contributed by atoms with E-state index in [2.05, 4.69) is 4.98 Å². The molecule has 0 bridgehead atoms. The minimum absolute atomic E-state index is 0.0256. The number of rotatable bonds is 6. The molecule has 0 aliphatic carbocycles. The van der Waals surface area contributed by atoms with Gasteiger partial charge in [-0.05, 0) is 42.8 Å². The molecule has 168 valence electrons. The molecular weight excluding hydrogens is 420 g/mol. The molecule has 3 aromatic rings. The number of ether oxygens (including phenoxy) is 2. The number of amides is 1. The van der Waals surface area contributed by atoms with Gasteiger partial charge in [0.15, 0.2) is 12.4 Å². The standard InChI is InChI=1S/C26H24N2O5/c1-16-13-18(32-2)10-11-19(16)24(29)22-23(20-8-4-5-9-21(20)33-3)28(26(31)25(22)30)15-17-7-6-12-27-14-17/h4-14,23,29H,15H2,1-3H3/p+1. The molecule has 7 nitrogen and oxygen atoms in total. The summed E-state index contributed by atoms with van der Waals surface area (Å²) in [6.07, 6.45) is 3.54. The lowest BCUT2D eigenvalue weighted by atomic mass is 9.93. The molecule has 1 fully saturated rings. The van der Waals surface area contributed by atoms with E-state index in [1.165, 1.54) is 12.0 Å². The Bertz CT molecular complexity index is 1240. The van der Waals surface area contributed by atoms with E-state index < -0.39 is 17.7 Å². The number of aromatic nitrogens is 1. The topological polar surface area (TPSA) is 90.2 Å². The number of pyridine rings is 1. The Labute approximate surface area is 191 Å². The van der Waals surface area contributed by atoms with Crippen LogP contribution in [0.1, 0.15) is 28.3 Å². The maximum absolute atomic E-state index is 13.3. The zero-order valence-corrected chi connectivity index (χ0v) is 18.7. The van der Waals surface area contributed by atoms with Crippen LogP contribution in [0.3, 0.4) is 0 Å². The number of aliphatic hydroxyl groups excluding tert-OH is 1. The molecule has 1 aliphatic heterocycles. The lowest BCUT2D eigenvalue weighted by molar-refractivity contribution is -0.378. The smallest absolute Gasteiger partial charge is 0.295 e. The Morgan fingerprint density at radius 2 is 1.85 bits per heavy atom. The summed E-state index contributed by atoms with van der Waals surface area (Å²) in [5, 5.41) is 11.3. The summed E-state index contributed by atoms with van der Waals surface area (Å²) in [5.41, 5.74) is 2.64. The molecule has 2 aromatic carbocycles. The number of Topliss-reactive ketones (excluding diaryl/α,β-unsaturated/α-hetero) is 1. The Hall–Kier alpha value is -4.13. The van der Waals surface area contributed by atoms with Crippen molar-refractivity contribution < 1.29 is 29.2 Å². The van der Waals surface area contributed by atoms with Crippen molar-refractivity contribution in [3.63, 3.8) is 0 Å². The molecule has 1 aliphatic rings. The van der Waals surface area contributed by atoms with Crippen LogP contribution in [0.25, 0.3) is 5.76 Å². The molecule has 1 aromatic heterocycles. The second kappa shape index (κ2) is 9.16. The van der Waals surface area contributed by atoms with Gasteiger partial charge in [-0.2, -0.15) is 0 Å². The number of likely N-dealkylation sites (tertiary alicyclic amines) is 1. The van der Waals surface area contributed by atoms with E-state index in [9.17, 15) is 14.7 Å². The first-order chi connectivity index (χ1) is 16.0. The van der Waals surface area contributed by atoms with E-state index in [0.717, 1.165) is 11.1 Å². The number of hydrogen-bond acceptors (Lipinski definition) is 5. The van der Waals surface area contributed by atoms with Crippen LogP contribution in [0.2, 0.25) is 0 Å². The number of hydrogen-bond donors (Lipinski definition) is 1. The molecular formula is C26H25N2O5+. The Morgan fingerprint density at radius 3 is 2.52 bits per heavy atom. The highest BCUT2D eigenvalue weighted by Crippen LogP contribution is 2.43. The van der Waals surface area contributed by atoms with Crippen LogP contribution < -0.4 is 14.5 Å². The van der Waals surface area contributed by atoms with Gasteiger partial charge < -0.3 is 19.5 Å². The van der Waals surface area contributed by atoms with Crippen molar-refractivity contribution in [3.05, 3.63) is 94.8 Å². The van der Waals surface area contributed by atoms with E-state index in [1.807, 2.05) is 31.2 Å². The van der Waals surface area contributed by atoms with E-state index in [4.69, 9.17) is 9.47 Å². The van der Waals surface area contributed by atoms with Crippen LogP contribution in [-0.4, -0.2) is 35.9 Å². The first kappa shape index (κ1) is 22.1. The molecule has 0 radical (unpaired) electrons. The van der Waals surface area contributed by atoms with Crippen LogP contribution in [0.15, 0.2) is 72.6 Å². The van der Waals surface area contributed by atoms with Gasteiger partial charge in [-0.3, -0.25) is 9.59 Å². The molecule has 1 atom stereocenters. The molecule has 7 heteroatoms. The van der Waals surface area contributed by atoms with Crippen LogP contribution in [-0.2, 0) is 16.1 Å². The fourth-order valence-corrected chi connectivity index (χ4v) is 4.16. The molecule has 33 heavy (non-hydrogen) atoms. The fourth-order valence-electron chi connectivity index (χ4n) is 4.16. The maximum Gasteiger partial charge on any atom is 0.295 e. The molecule has 1 saturated heterocycles. The summed E-state index contributed by atoms with van der Waals surface area (Å²) < 4.78 is 10.8. The molecule has 0 spiro atoms. The van der Waals surface area contributed by atoms with E-state index in [0.29, 0.717) is 22.6 Å². The van der Waals surface area contributed by atoms with Gasteiger partial charge in [0, 0.05) is 22.8 Å². The zero-order valence-electron chi connectivity index (χ0n) is 18.7. The predicted molar refractivity (Wildman–Crippen MR) is 122 cm³/mol. The highest BCUT2D eigenvalue weighted by Gasteiger charge is 2.47. The summed E-state index contributed by atoms with van der Waals surface area (Å²) in [6, 6.07) is 15.2. The first-order valence-electron chi connectivity index (χ1n) is 10.5. The van der Waals surface area contributed by atoms with Crippen molar-refractivity contribution in [1.82, 2.24) is 4.90 Å². The maximum atomic E-state index is 13.3. The van der Waals surface area contributed by atoms with Gasteiger partial charge in [0.2, 0.25) is 0 Å². The number of carbonyl (C=O) groups is 2. The molecule has 1 unspecified atom stereocenters.